The fraction of sp³-hybridized carbons (Fsp3) is 0.389. The van der Waals surface area contributed by atoms with Gasteiger partial charge in [0.1, 0.15) is 11.5 Å². The highest BCUT2D eigenvalue weighted by atomic mass is 31.1. The SMILES string of the molecule is COc1ccc(P(c2ccc(OC)c(C(C)(C)C)c2)C2C=CC=C2Cc2ccccc2N(C)C)cc1C(C)(C)C. The molecule has 3 nitrogen and oxygen atoms in total. The average molecular weight is 556 g/mol. The molecule has 4 rings (SSSR count). The van der Waals surface area contributed by atoms with E-state index in [0.717, 1.165) is 17.9 Å². The minimum absolute atomic E-state index is 0.0341. The van der Waals surface area contributed by atoms with Gasteiger partial charge in [-0.3, -0.25) is 0 Å². The molecule has 0 amide bonds. The van der Waals surface area contributed by atoms with Gasteiger partial charge in [0.05, 0.1) is 14.2 Å². The zero-order valence-corrected chi connectivity index (χ0v) is 26.9. The standard InChI is InChI=1S/C36H46NO2P/c1-35(2,3)29-23-27(18-20-32(29)38-9)40(28-19-21-33(39-10)30(24-28)36(4,5)6)34-17-13-15-26(34)22-25-14-11-12-16-31(25)37(7)8/h11-21,23-24,34H,22H2,1-10H3. The minimum atomic E-state index is -0.754. The Morgan fingerprint density at radius 3 is 1.75 bits per heavy atom. The van der Waals surface area contributed by atoms with Gasteiger partial charge >= 0.3 is 0 Å². The Bertz CT molecular complexity index is 1340. The van der Waals surface area contributed by atoms with Crippen LogP contribution in [0.15, 0.2) is 84.5 Å². The highest BCUT2D eigenvalue weighted by Crippen LogP contribution is 2.49. The summed E-state index contributed by atoms with van der Waals surface area (Å²) in [6, 6.07) is 22.5. The van der Waals surface area contributed by atoms with Crippen molar-refractivity contribution in [2.24, 2.45) is 0 Å². The number of methoxy groups -OCH3 is 2. The molecule has 3 aromatic carbocycles. The molecule has 4 heteroatoms. The molecule has 0 aliphatic heterocycles. The normalized spacial score (nSPS) is 15.4. The molecule has 1 atom stereocenters. The second kappa shape index (κ2) is 11.8. The molecular weight excluding hydrogens is 509 g/mol. The van der Waals surface area contributed by atoms with Crippen molar-refractivity contribution in [2.45, 2.75) is 64.5 Å². The largest absolute Gasteiger partial charge is 0.496 e. The Balaban J connectivity index is 1.89. The number of benzene rings is 3. The molecule has 1 unspecified atom stereocenters. The van der Waals surface area contributed by atoms with Crippen molar-refractivity contribution in [1.29, 1.82) is 0 Å². The van der Waals surface area contributed by atoms with Gasteiger partial charge in [-0.15, -0.1) is 0 Å². The Morgan fingerprint density at radius 2 is 1.27 bits per heavy atom. The van der Waals surface area contributed by atoms with Gasteiger partial charge in [0, 0.05) is 36.6 Å². The van der Waals surface area contributed by atoms with Crippen molar-refractivity contribution in [3.05, 3.63) is 101 Å². The summed E-state index contributed by atoms with van der Waals surface area (Å²) < 4.78 is 11.7. The number of rotatable bonds is 8. The Morgan fingerprint density at radius 1 is 0.750 bits per heavy atom. The van der Waals surface area contributed by atoms with Crippen LogP contribution in [0.2, 0.25) is 0 Å². The predicted octanol–water partition coefficient (Wildman–Crippen LogP) is 7.91. The second-order valence-electron chi connectivity index (χ2n) is 12.9. The molecule has 0 fully saturated rings. The lowest BCUT2D eigenvalue weighted by Gasteiger charge is -2.31. The van der Waals surface area contributed by atoms with Gasteiger partial charge in [0.2, 0.25) is 0 Å². The maximum Gasteiger partial charge on any atom is 0.122 e. The summed E-state index contributed by atoms with van der Waals surface area (Å²) in [5.41, 5.74) is 6.82. The zero-order chi connectivity index (χ0) is 29.2. The number of allylic oxidation sites excluding steroid dienone is 4. The van der Waals surface area contributed by atoms with Crippen LogP contribution in [-0.4, -0.2) is 34.0 Å². The number of ether oxygens (including phenoxy) is 2. The van der Waals surface area contributed by atoms with E-state index in [-0.39, 0.29) is 10.8 Å². The fourth-order valence-corrected chi connectivity index (χ4v) is 8.30. The van der Waals surface area contributed by atoms with Gasteiger partial charge in [0.15, 0.2) is 0 Å². The molecule has 0 N–H and O–H groups in total. The summed E-state index contributed by atoms with van der Waals surface area (Å²) in [6.45, 7) is 13.6. The Labute approximate surface area is 243 Å². The van der Waals surface area contributed by atoms with E-state index in [0.29, 0.717) is 5.66 Å². The summed E-state index contributed by atoms with van der Waals surface area (Å²) in [7, 11) is 7.04. The summed E-state index contributed by atoms with van der Waals surface area (Å²) in [5, 5.41) is 2.74. The van der Waals surface area contributed by atoms with Crippen molar-refractivity contribution in [3.8, 4) is 11.5 Å². The van der Waals surface area contributed by atoms with Gasteiger partial charge in [-0.25, -0.2) is 0 Å². The van der Waals surface area contributed by atoms with Crippen LogP contribution in [0.1, 0.15) is 58.2 Å². The Hall–Kier alpha value is -3.03. The van der Waals surface area contributed by atoms with E-state index < -0.39 is 7.92 Å². The van der Waals surface area contributed by atoms with Gasteiger partial charge < -0.3 is 14.4 Å². The van der Waals surface area contributed by atoms with Crippen molar-refractivity contribution < 1.29 is 9.47 Å². The molecule has 0 heterocycles. The van der Waals surface area contributed by atoms with Crippen LogP contribution in [0.4, 0.5) is 5.69 Å². The van der Waals surface area contributed by atoms with E-state index in [1.54, 1.807) is 14.2 Å². The number of hydrogen-bond donors (Lipinski definition) is 0. The maximum absolute atomic E-state index is 5.83. The van der Waals surface area contributed by atoms with E-state index in [4.69, 9.17) is 9.47 Å². The molecule has 0 bridgehead atoms. The highest BCUT2D eigenvalue weighted by Gasteiger charge is 2.31. The van der Waals surface area contributed by atoms with Crippen LogP contribution in [0.3, 0.4) is 0 Å². The van der Waals surface area contributed by atoms with Crippen molar-refractivity contribution in [1.82, 2.24) is 0 Å². The molecule has 3 aromatic rings. The third kappa shape index (κ3) is 6.31. The molecular formula is C36H46NO2P. The first-order chi connectivity index (χ1) is 18.8. The molecule has 1 aliphatic carbocycles. The molecule has 0 spiro atoms. The molecule has 212 valence electrons. The second-order valence-corrected chi connectivity index (χ2v) is 15.2. The Kier molecular flexibility index (Phi) is 8.86. The molecule has 0 radical (unpaired) electrons. The lowest BCUT2D eigenvalue weighted by molar-refractivity contribution is 0.397. The average Bonchev–Trinajstić information content (AvgIpc) is 3.35. The van der Waals surface area contributed by atoms with E-state index in [1.807, 2.05) is 0 Å². The van der Waals surface area contributed by atoms with Gasteiger partial charge in [-0.05, 0) is 71.7 Å². The van der Waals surface area contributed by atoms with E-state index in [1.165, 1.54) is 38.6 Å². The fourth-order valence-electron chi connectivity index (χ4n) is 5.57. The first kappa shape index (κ1) is 29.9. The third-order valence-electron chi connectivity index (χ3n) is 7.67. The molecule has 0 aromatic heterocycles. The van der Waals surface area contributed by atoms with Crippen LogP contribution in [0, 0.1) is 0 Å². The summed E-state index contributed by atoms with van der Waals surface area (Å²) in [5.74, 6) is 1.91. The number of anilines is 1. The van der Waals surface area contributed by atoms with Crippen molar-refractivity contribution in [3.63, 3.8) is 0 Å². The van der Waals surface area contributed by atoms with Gasteiger partial charge in [0.25, 0.3) is 0 Å². The van der Waals surface area contributed by atoms with Crippen LogP contribution in [0.5, 0.6) is 11.5 Å². The zero-order valence-electron chi connectivity index (χ0n) is 26.0. The molecule has 0 saturated carbocycles. The number of hydrogen-bond acceptors (Lipinski definition) is 3. The first-order valence-electron chi connectivity index (χ1n) is 14.1. The monoisotopic (exact) mass is 555 g/mol. The van der Waals surface area contributed by atoms with Crippen LogP contribution in [0.25, 0.3) is 0 Å². The highest BCUT2D eigenvalue weighted by molar-refractivity contribution is 7.74. The molecule has 0 saturated heterocycles. The number of nitrogens with zero attached hydrogens (tertiary/aromatic N) is 1. The summed E-state index contributed by atoms with van der Waals surface area (Å²) in [6.07, 6.45) is 7.95. The van der Waals surface area contributed by atoms with E-state index in [9.17, 15) is 0 Å². The third-order valence-corrected chi connectivity index (χ3v) is 10.4. The summed E-state index contributed by atoms with van der Waals surface area (Å²) in [4.78, 5) is 2.22. The van der Waals surface area contributed by atoms with E-state index in [2.05, 4.69) is 139 Å². The first-order valence-corrected chi connectivity index (χ1v) is 15.5. The summed E-state index contributed by atoms with van der Waals surface area (Å²) >= 11 is 0. The minimum Gasteiger partial charge on any atom is -0.496 e. The van der Waals surface area contributed by atoms with Gasteiger partial charge in [-0.1, -0.05) is 95.7 Å². The van der Waals surface area contributed by atoms with E-state index >= 15 is 0 Å². The van der Waals surface area contributed by atoms with Crippen molar-refractivity contribution in [2.75, 3.05) is 33.2 Å². The molecule has 1 aliphatic rings. The smallest absolute Gasteiger partial charge is 0.122 e. The lowest BCUT2D eigenvalue weighted by atomic mass is 9.86. The maximum atomic E-state index is 5.83. The van der Waals surface area contributed by atoms with Crippen molar-refractivity contribution >= 4 is 24.2 Å². The quantitative estimate of drug-likeness (QED) is 0.264. The van der Waals surface area contributed by atoms with Crippen LogP contribution in [-0.2, 0) is 17.3 Å². The van der Waals surface area contributed by atoms with Crippen LogP contribution >= 0.6 is 7.92 Å². The lowest BCUT2D eigenvalue weighted by Crippen LogP contribution is -2.25. The number of para-hydroxylation sites is 1. The predicted molar refractivity (Wildman–Crippen MR) is 175 cm³/mol. The van der Waals surface area contributed by atoms with Crippen LogP contribution < -0.4 is 25.0 Å². The molecule has 40 heavy (non-hydrogen) atoms. The van der Waals surface area contributed by atoms with Gasteiger partial charge in [-0.2, -0.15) is 0 Å². The topological polar surface area (TPSA) is 21.7 Å².